The fourth-order valence-electron chi connectivity index (χ4n) is 8.41. The number of phenols is 2. The van der Waals surface area contributed by atoms with Crippen LogP contribution in [0.1, 0.15) is 92.1 Å². The van der Waals surface area contributed by atoms with Gasteiger partial charge in [0.25, 0.3) is 11.7 Å². The maximum atomic E-state index is 14.6. The Bertz CT molecular complexity index is 2200. The van der Waals surface area contributed by atoms with E-state index in [2.05, 4.69) is 10.3 Å². The van der Waals surface area contributed by atoms with E-state index < -0.39 is 77.3 Å². The van der Waals surface area contributed by atoms with Crippen molar-refractivity contribution in [2.24, 2.45) is 23.7 Å². The molecule has 2 aliphatic rings. The zero-order valence-corrected chi connectivity index (χ0v) is 36.2. The van der Waals surface area contributed by atoms with Crippen molar-refractivity contribution in [2.75, 3.05) is 17.3 Å². The van der Waals surface area contributed by atoms with Crippen LogP contribution in [0, 0.1) is 30.6 Å². The Kier molecular flexibility index (Phi) is 13.1. The number of aliphatic hydroxyl groups excluding tert-OH is 2. The molecule has 0 radical (unpaired) electrons. The van der Waals surface area contributed by atoms with Crippen molar-refractivity contribution in [3.8, 4) is 17.2 Å². The maximum absolute atomic E-state index is 14.6. The Hall–Kier alpha value is -5.12. The minimum atomic E-state index is -1.97. The van der Waals surface area contributed by atoms with Gasteiger partial charge in [-0.2, -0.15) is 0 Å². The van der Waals surface area contributed by atoms with Gasteiger partial charge < -0.3 is 54.6 Å². The van der Waals surface area contributed by atoms with E-state index in [0.29, 0.717) is 5.95 Å². The monoisotopic (exact) mass is 820 g/mol. The third kappa shape index (κ3) is 8.24. The number of aromatic nitrogens is 2. The molecule has 6 N–H and O–H groups in total. The van der Waals surface area contributed by atoms with Crippen LogP contribution < -0.4 is 15.0 Å². The van der Waals surface area contributed by atoms with Gasteiger partial charge in [0.2, 0.25) is 5.95 Å². The number of Topliss-reactive ketones (excluding diaryl/α,β-unsaturated/α-hetero) is 1. The number of nitrogens with zero attached hydrogens (tertiary/aromatic N) is 2. The number of phenolic OH excluding ortho intramolecular Hbond substituents is 2. The number of rotatable bonds is 5. The summed E-state index contributed by atoms with van der Waals surface area (Å²) >= 11 is 0. The Balaban J connectivity index is 1.77. The van der Waals surface area contributed by atoms with Crippen LogP contribution in [0.15, 0.2) is 36.1 Å². The summed E-state index contributed by atoms with van der Waals surface area (Å²) < 4.78 is 23.9. The number of ketones is 1. The van der Waals surface area contributed by atoms with Gasteiger partial charge in [0.05, 0.1) is 41.0 Å². The zero-order valence-electron chi connectivity index (χ0n) is 36.2. The molecule has 2 aromatic carbocycles. The SMILES string of the molecule is CO[C@H]1/C=C/O[C@@]2(C)Oc3c(C)c(O)c4c(O)c(c5[nH]c(N(C(C)C)C(C)C)nc5c4c3C2=O)NC(=O)/C(C)=C\C=C\[C@@H](C)[C@H](O)[C@@H](C)[C@H](O)[C@@H](C)[C@@H](OC(C)=O)[C@@H]1C. The van der Waals surface area contributed by atoms with Crippen LogP contribution in [0.4, 0.5) is 11.6 Å². The Morgan fingerprint density at radius 1 is 0.949 bits per heavy atom. The summed E-state index contributed by atoms with van der Waals surface area (Å²) in [6.45, 7) is 20.8. The van der Waals surface area contributed by atoms with Gasteiger partial charge >= 0.3 is 11.8 Å². The topological polar surface area (TPSA) is 213 Å². The summed E-state index contributed by atoms with van der Waals surface area (Å²) in [5.74, 6) is -6.61. The van der Waals surface area contributed by atoms with Crippen LogP contribution >= 0.6 is 0 Å². The maximum Gasteiger partial charge on any atom is 0.312 e. The predicted molar refractivity (Wildman–Crippen MR) is 225 cm³/mol. The number of amides is 1. The summed E-state index contributed by atoms with van der Waals surface area (Å²) in [7, 11) is 1.46. The Morgan fingerprint density at radius 2 is 1.59 bits per heavy atom. The van der Waals surface area contributed by atoms with Crippen LogP contribution in [0.3, 0.4) is 0 Å². The summed E-state index contributed by atoms with van der Waals surface area (Å²) in [5, 5.41) is 49.5. The number of anilines is 2. The van der Waals surface area contributed by atoms with E-state index in [4.69, 9.17) is 23.9 Å². The molecule has 1 aromatic heterocycles. The number of ether oxygens (including phenoxy) is 4. The molecule has 3 aromatic rings. The third-order valence-electron chi connectivity index (χ3n) is 11.8. The fourth-order valence-corrected chi connectivity index (χ4v) is 8.41. The average Bonchev–Trinajstić information content (AvgIpc) is 3.71. The van der Waals surface area contributed by atoms with Crippen LogP contribution in [0.2, 0.25) is 0 Å². The Morgan fingerprint density at radius 3 is 2.19 bits per heavy atom. The van der Waals surface area contributed by atoms with Gasteiger partial charge in [-0.15, -0.1) is 0 Å². The van der Waals surface area contributed by atoms with E-state index in [0.717, 1.165) is 0 Å². The van der Waals surface area contributed by atoms with Crippen molar-refractivity contribution >= 4 is 51.1 Å². The number of nitrogens with one attached hydrogen (secondary N) is 2. The second-order valence-corrected chi connectivity index (χ2v) is 16.7. The lowest BCUT2D eigenvalue weighted by atomic mass is 9.78. The first kappa shape index (κ1) is 45.0. The van der Waals surface area contributed by atoms with Crippen LogP contribution in [0.25, 0.3) is 21.8 Å². The van der Waals surface area contributed by atoms with Crippen molar-refractivity contribution in [1.82, 2.24) is 9.97 Å². The smallest absolute Gasteiger partial charge is 0.312 e. The molecule has 0 unspecified atom stereocenters. The number of imidazole rings is 1. The molecule has 15 heteroatoms. The minimum absolute atomic E-state index is 0.0126. The molecule has 3 heterocycles. The molecule has 0 saturated carbocycles. The lowest BCUT2D eigenvalue weighted by Crippen LogP contribution is -2.46. The van der Waals surface area contributed by atoms with E-state index in [-0.39, 0.29) is 67.8 Å². The van der Waals surface area contributed by atoms with Gasteiger partial charge in [-0.1, -0.05) is 45.9 Å². The molecule has 0 saturated heterocycles. The number of benzene rings is 2. The number of hydrogen-bond donors (Lipinski definition) is 6. The molecule has 2 aliphatic heterocycles. The van der Waals surface area contributed by atoms with Crippen molar-refractivity contribution in [3.63, 3.8) is 0 Å². The predicted octanol–water partition coefficient (Wildman–Crippen LogP) is 6.55. The third-order valence-corrected chi connectivity index (χ3v) is 11.8. The highest BCUT2D eigenvalue weighted by atomic mass is 16.7. The number of aromatic amines is 1. The quantitative estimate of drug-likeness (QED) is 0.119. The van der Waals surface area contributed by atoms with Crippen molar-refractivity contribution in [3.05, 3.63) is 47.3 Å². The second kappa shape index (κ2) is 17.2. The van der Waals surface area contributed by atoms with Gasteiger partial charge in [-0.05, 0) is 47.6 Å². The highest BCUT2D eigenvalue weighted by Crippen LogP contribution is 2.54. The number of H-pyrrole nitrogens is 1. The first-order chi connectivity index (χ1) is 27.6. The number of carbonyl (C=O) groups is 3. The highest BCUT2D eigenvalue weighted by molar-refractivity contribution is 6.28. The number of aromatic hydroxyl groups is 2. The number of methoxy groups -OCH3 is 1. The zero-order chi connectivity index (χ0) is 44.0. The van der Waals surface area contributed by atoms with Gasteiger partial charge in [0, 0.05) is 73.2 Å². The van der Waals surface area contributed by atoms with E-state index in [1.54, 1.807) is 52.8 Å². The van der Waals surface area contributed by atoms with E-state index >= 15 is 0 Å². The molecule has 0 fully saturated rings. The summed E-state index contributed by atoms with van der Waals surface area (Å²) in [6, 6.07) is -0.0774. The molecule has 15 nitrogen and oxygen atoms in total. The molecule has 4 bridgehead atoms. The van der Waals surface area contributed by atoms with E-state index in [1.807, 2.05) is 32.6 Å². The molecule has 1 amide bonds. The van der Waals surface area contributed by atoms with E-state index in [9.17, 15) is 34.8 Å². The van der Waals surface area contributed by atoms with E-state index in [1.165, 1.54) is 40.2 Å². The molecular weight excluding hydrogens is 761 g/mol. The van der Waals surface area contributed by atoms with Crippen LogP contribution in [0.5, 0.6) is 17.2 Å². The first-order valence-electron chi connectivity index (χ1n) is 20.1. The van der Waals surface area contributed by atoms with Gasteiger partial charge in [-0.25, -0.2) is 4.98 Å². The van der Waals surface area contributed by atoms with Crippen molar-refractivity contribution in [1.29, 1.82) is 0 Å². The molecule has 0 spiro atoms. The largest absolute Gasteiger partial charge is 0.507 e. The molecule has 322 valence electrons. The lowest BCUT2D eigenvalue weighted by Gasteiger charge is -2.38. The number of hydrogen-bond acceptors (Lipinski definition) is 13. The molecule has 59 heavy (non-hydrogen) atoms. The molecule has 9 atom stereocenters. The van der Waals surface area contributed by atoms with Crippen molar-refractivity contribution in [2.45, 2.75) is 125 Å². The van der Waals surface area contributed by atoms with Gasteiger partial charge in [-0.3, -0.25) is 14.4 Å². The average molecular weight is 821 g/mol. The van der Waals surface area contributed by atoms with Gasteiger partial charge in [0.15, 0.2) is 5.75 Å². The first-order valence-corrected chi connectivity index (χ1v) is 20.1. The summed E-state index contributed by atoms with van der Waals surface area (Å²) in [6.07, 6.45) is 3.88. The number of aliphatic hydroxyl groups is 2. The molecular formula is C44H60N4O11. The normalized spacial score (nSPS) is 30.3. The minimum Gasteiger partial charge on any atom is -0.507 e. The van der Waals surface area contributed by atoms with Crippen LogP contribution in [-0.2, 0) is 23.8 Å². The summed E-state index contributed by atoms with van der Waals surface area (Å²) in [4.78, 5) is 51.1. The lowest BCUT2D eigenvalue weighted by molar-refractivity contribution is -0.160. The number of allylic oxidation sites excluding steroid dienone is 2. The number of fused-ring (bicyclic) bond motifs is 1. The molecule has 5 rings (SSSR count). The van der Waals surface area contributed by atoms with Gasteiger partial charge in [0.1, 0.15) is 28.8 Å². The van der Waals surface area contributed by atoms with Crippen molar-refractivity contribution < 1.29 is 53.8 Å². The standard InChI is InChI=1S/C44H60N4O11/c1-19(2)48(20(3)4)43-46-32-29-30-37(52)26(10)40-31(29)41(54)44(12,59-40)57-18-17-28(56-13)23(7)39(58-27(11)49)25(9)36(51)24(8)35(50)21(5)15-14-16-22(6)42(55)45-34(38(30)53)33(32)47-43/h14-21,23-25,28,35-36,39,50-53H,1-13H3,(H,45,55)(H,46,47)/b15-14+,18-17+,22-16-/t21-,23-,24-,25-,28+,35+,36+,39+,44+/m1/s1. The Labute approximate surface area is 345 Å². The fraction of sp³-hybridized carbons (Fsp3) is 0.545. The number of esters is 1. The molecule has 0 aliphatic carbocycles. The van der Waals surface area contributed by atoms with Crippen LogP contribution in [-0.4, -0.2) is 97.5 Å². The summed E-state index contributed by atoms with van der Waals surface area (Å²) in [5.41, 5.74) is 0.717. The second-order valence-electron chi connectivity index (χ2n) is 16.7. The highest BCUT2D eigenvalue weighted by Gasteiger charge is 2.50. The number of carbonyl (C=O) groups excluding carboxylic acids is 3.